The second-order valence-corrected chi connectivity index (χ2v) is 8.53. The maximum absolute atomic E-state index is 13.4. The van der Waals surface area contributed by atoms with Crippen molar-refractivity contribution in [2.45, 2.75) is 6.04 Å². The van der Waals surface area contributed by atoms with Crippen LogP contribution in [0, 0.1) is 0 Å². The Morgan fingerprint density at radius 2 is 1.40 bits per heavy atom. The molecule has 0 aliphatic carbocycles. The number of rotatable bonds is 4. The third kappa shape index (κ3) is 3.55. The van der Waals surface area contributed by atoms with Gasteiger partial charge < -0.3 is 0 Å². The van der Waals surface area contributed by atoms with Gasteiger partial charge in [0, 0.05) is 23.3 Å². The van der Waals surface area contributed by atoms with Crippen molar-refractivity contribution in [3.63, 3.8) is 0 Å². The Bertz CT molecular complexity index is 1590. The topological polar surface area (TPSA) is 76.1 Å². The minimum Gasteiger partial charge on any atom is -0.269 e. The summed E-state index contributed by atoms with van der Waals surface area (Å²) < 4.78 is 0. The van der Waals surface area contributed by atoms with E-state index < -0.39 is 17.9 Å². The van der Waals surface area contributed by atoms with Gasteiger partial charge in [0.05, 0.1) is 22.3 Å². The van der Waals surface area contributed by atoms with E-state index in [-0.39, 0.29) is 5.15 Å². The molecule has 1 aliphatic rings. The van der Waals surface area contributed by atoms with Gasteiger partial charge in [0.1, 0.15) is 11.7 Å². The van der Waals surface area contributed by atoms with E-state index in [1.165, 1.54) is 17.3 Å². The molecule has 0 bridgehead atoms. The predicted molar refractivity (Wildman–Crippen MR) is 133 cm³/mol. The molecular weight excluding hydrogens is 460 g/mol. The van der Waals surface area contributed by atoms with E-state index in [1.807, 2.05) is 60.7 Å². The van der Waals surface area contributed by atoms with Gasteiger partial charge in [-0.25, -0.2) is 9.97 Å². The third-order valence-corrected chi connectivity index (χ3v) is 6.41. The normalized spacial score (nSPS) is 13.8. The molecule has 7 heteroatoms. The van der Waals surface area contributed by atoms with Gasteiger partial charge in [-0.05, 0) is 29.8 Å². The smallest absolute Gasteiger partial charge is 0.262 e. The molecule has 2 amide bonds. The van der Waals surface area contributed by atoms with E-state index in [2.05, 4.69) is 9.97 Å². The molecule has 0 fully saturated rings. The number of carbonyl (C=O) groups excluding carboxylic acids is 2. The molecule has 168 valence electrons. The van der Waals surface area contributed by atoms with Crippen molar-refractivity contribution in [1.29, 1.82) is 0 Å². The summed E-state index contributed by atoms with van der Waals surface area (Å²) in [6, 6.07) is 25.4. The molecule has 0 N–H and O–H groups in total. The van der Waals surface area contributed by atoms with Crippen LogP contribution < -0.4 is 0 Å². The van der Waals surface area contributed by atoms with Crippen molar-refractivity contribution in [2.75, 3.05) is 0 Å². The maximum Gasteiger partial charge on any atom is 0.262 e. The van der Waals surface area contributed by atoms with Gasteiger partial charge in [-0.15, -0.1) is 0 Å². The van der Waals surface area contributed by atoms with Gasteiger partial charge in [0.2, 0.25) is 0 Å². The first-order chi connectivity index (χ1) is 17.1. The number of hydrogen-bond donors (Lipinski definition) is 0. The molecule has 3 heterocycles. The van der Waals surface area contributed by atoms with Crippen LogP contribution in [0.3, 0.4) is 0 Å². The number of halogens is 1. The van der Waals surface area contributed by atoms with Crippen molar-refractivity contribution < 1.29 is 9.59 Å². The monoisotopic (exact) mass is 476 g/mol. The van der Waals surface area contributed by atoms with Crippen LogP contribution in [0.15, 0.2) is 97.3 Å². The summed E-state index contributed by atoms with van der Waals surface area (Å²) in [4.78, 5) is 41.4. The van der Waals surface area contributed by atoms with Crippen molar-refractivity contribution >= 4 is 34.3 Å². The van der Waals surface area contributed by atoms with Crippen LogP contribution >= 0.6 is 11.6 Å². The zero-order chi connectivity index (χ0) is 23.9. The third-order valence-electron chi connectivity index (χ3n) is 6.12. The Balaban J connectivity index is 1.53. The Kier molecular flexibility index (Phi) is 5.08. The van der Waals surface area contributed by atoms with E-state index in [0.29, 0.717) is 22.4 Å². The molecule has 0 saturated carbocycles. The number of nitrogens with zero attached hydrogens (tertiary/aromatic N) is 4. The van der Waals surface area contributed by atoms with Gasteiger partial charge in [0.15, 0.2) is 5.15 Å². The SMILES string of the molecule is O=C1c2ccccc2C(=O)N1C(c1ccc2ccc(-c3ccccc3)nc2c1)c1nccnc1Cl. The lowest BCUT2D eigenvalue weighted by atomic mass is 9.99. The zero-order valence-corrected chi connectivity index (χ0v) is 19.1. The van der Waals surface area contributed by atoms with Crippen LogP contribution in [0.25, 0.3) is 22.2 Å². The summed E-state index contributed by atoms with van der Waals surface area (Å²) in [6.45, 7) is 0. The van der Waals surface area contributed by atoms with E-state index in [1.54, 1.807) is 24.3 Å². The molecule has 5 aromatic rings. The highest BCUT2D eigenvalue weighted by Crippen LogP contribution is 2.38. The summed E-state index contributed by atoms with van der Waals surface area (Å²) >= 11 is 6.44. The lowest BCUT2D eigenvalue weighted by Crippen LogP contribution is -2.35. The summed E-state index contributed by atoms with van der Waals surface area (Å²) in [5, 5.41) is 1.06. The number of fused-ring (bicyclic) bond motifs is 2. The Morgan fingerprint density at radius 1 is 0.743 bits per heavy atom. The van der Waals surface area contributed by atoms with E-state index >= 15 is 0 Å². The van der Waals surface area contributed by atoms with Gasteiger partial charge in [0.25, 0.3) is 11.8 Å². The highest BCUT2D eigenvalue weighted by Gasteiger charge is 2.42. The number of imide groups is 1. The molecule has 1 unspecified atom stereocenters. The summed E-state index contributed by atoms with van der Waals surface area (Å²) in [7, 11) is 0. The number of aromatic nitrogens is 3. The first-order valence-electron chi connectivity index (χ1n) is 11.0. The lowest BCUT2D eigenvalue weighted by Gasteiger charge is -2.26. The standard InChI is InChI=1S/C28H17ClN4O2/c29-26-24(30-14-15-31-26)25(33-27(34)20-8-4-5-9-21(20)28(33)35)19-11-10-18-12-13-22(32-23(18)16-19)17-6-2-1-3-7-17/h1-16,25H. The molecule has 35 heavy (non-hydrogen) atoms. The Hall–Kier alpha value is -4.42. The highest BCUT2D eigenvalue weighted by atomic mass is 35.5. The van der Waals surface area contributed by atoms with E-state index in [9.17, 15) is 9.59 Å². The molecule has 3 aromatic carbocycles. The number of amides is 2. The Labute approximate surface area is 205 Å². The minimum atomic E-state index is -0.866. The van der Waals surface area contributed by atoms with Crippen LogP contribution in [-0.4, -0.2) is 31.7 Å². The van der Waals surface area contributed by atoms with E-state index in [0.717, 1.165) is 22.2 Å². The lowest BCUT2D eigenvalue weighted by molar-refractivity contribution is 0.0606. The molecule has 1 atom stereocenters. The van der Waals surface area contributed by atoms with Crippen molar-refractivity contribution in [3.8, 4) is 11.3 Å². The molecule has 2 aromatic heterocycles. The Morgan fingerprint density at radius 3 is 2.11 bits per heavy atom. The van der Waals surface area contributed by atoms with Gasteiger partial charge >= 0.3 is 0 Å². The van der Waals surface area contributed by atoms with Crippen LogP contribution in [-0.2, 0) is 0 Å². The fourth-order valence-corrected chi connectivity index (χ4v) is 4.67. The predicted octanol–water partition coefficient (Wildman–Crippen LogP) is 5.73. The average Bonchev–Trinajstić information content (AvgIpc) is 3.15. The fraction of sp³-hybridized carbons (Fsp3) is 0.0357. The second-order valence-electron chi connectivity index (χ2n) is 8.18. The highest BCUT2D eigenvalue weighted by molar-refractivity contribution is 6.30. The number of pyridine rings is 1. The van der Waals surface area contributed by atoms with Crippen molar-refractivity contribution in [2.24, 2.45) is 0 Å². The number of carbonyl (C=O) groups is 2. The van der Waals surface area contributed by atoms with E-state index in [4.69, 9.17) is 16.6 Å². The molecule has 6 rings (SSSR count). The van der Waals surface area contributed by atoms with Gasteiger partial charge in [-0.3, -0.25) is 19.5 Å². The summed E-state index contributed by atoms with van der Waals surface area (Å²) in [5.74, 6) is -0.799. The summed E-state index contributed by atoms with van der Waals surface area (Å²) in [6.07, 6.45) is 2.97. The largest absolute Gasteiger partial charge is 0.269 e. The van der Waals surface area contributed by atoms with Crippen LogP contribution in [0.4, 0.5) is 0 Å². The molecule has 0 radical (unpaired) electrons. The molecule has 6 nitrogen and oxygen atoms in total. The van der Waals surface area contributed by atoms with Crippen molar-refractivity contribution in [1.82, 2.24) is 19.9 Å². The zero-order valence-electron chi connectivity index (χ0n) is 18.3. The second kappa shape index (κ2) is 8.42. The molecule has 0 spiro atoms. The first-order valence-corrected chi connectivity index (χ1v) is 11.4. The van der Waals surface area contributed by atoms with Gasteiger partial charge in [-0.1, -0.05) is 72.3 Å². The molecule has 0 saturated heterocycles. The summed E-state index contributed by atoms with van der Waals surface area (Å²) in [5.41, 5.74) is 4.24. The van der Waals surface area contributed by atoms with Gasteiger partial charge in [-0.2, -0.15) is 0 Å². The fourth-order valence-electron chi connectivity index (χ4n) is 4.46. The first kappa shape index (κ1) is 21.1. The minimum absolute atomic E-state index is 0.125. The molecular formula is C28H17ClN4O2. The van der Waals surface area contributed by atoms with Crippen LogP contribution in [0.2, 0.25) is 5.15 Å². The quantitative estimate of drug-likeness (QED) is 0.309. The molecule has 1 aliphatic heterocycles. The number of hydrogen-bond acceptors (Lipinski definition) is 5. The van der Waals surface area contributed by atoms with Crippen LogP contribution in [0.1, 0.15) is 38.0 Å². The maximum atomic E-state index is 13.4. The number of benzene rings is 3. The van der Waals surface area contributed by atoms with Crippen molar-refractivity contribution in [3.05, 3.63) is 125 Å². The average molecular weight is 477 g/mol. The van der Waals surface area contributed by atoms with Crippen LogP contribution in [0.5, 0.6) is 0 Å².